The van der Waals surface area contributed by atoms with E-state index < -0.39 is 0 Å². The fraction of sp³-hybridized carbons (Fsp3) is 0.562. The molecule has 0 aliphatic heterocycles. The Balaban J connectivity index is 2.18. The highest BCUT2D eigenvalue weighted by Gasteiger charge is 2.35. The fourth-order valence-electron chi connectivity index (χ4n) is 2.94. The van der Waals surface area contributed by atoms with Crippen molar-refractivity contribution in [2.45, 2.75) is 52.9 Å². The van der Waals surface area contributed by atoms with E-state index in [1.165, 1.54) is 29.5 Å². The first kappa shape index (κ1) is 12.3. The van der Waals surface area contributed by atoms with Gasteiger partial charge in [0.1, 0.15) is 5.78 Å². The summed E-state index contributed by atoms with van der Waals surface area (Å²) in [6, 6.07) is 6.27. The van der Waals surface area contributed by atoms with E-state index in [1.54, 1.807) is 0 Å². The van der Waals surface area contributed by atoms with Crippen molar-refractivity contribution in [1.29, 1.82) is 0 Å². The highest BCUT2D eigenvalue weighted by atomic mass is 16.1. The molecule has 1 nitrogen and oxygen atoms in total. The van der Waals surface area contributed by atoms with E-state index in [9.17, 15) is 4.79 Å². The summed E-state index contributed by atoms with van der Waals surface area (Å²) in [6.45, 7) is 6.36. The van der Waals surface area contributed by atoms with Crippen LogP contribution in [-0.4, -0.2) is 5.78 Å². The van der Waals surface area contributed by atoms with E-state index in [0.717, 1.165) is 12.8 Å². The summed E-state index contributed by atoms with van der Waals surface area (Å²) in [6.07, 6.45) is 5.21. The molecule has 1 heteroatoms. The summed E-state index contributed by atoms with van der Waals surface area (Å²) in [5, 5.41) is 0. The van der Waals surface area contributed by atoms with Crippen molar-refractivity contribution in [3.05, 3.63) is 34.9 Å². The molecule has 0 aromatic heterocycles. The average Bonchev–Trinajstić information content (AvgIpc) is 2.72. The summed E-state index contributed by atoms with van der Waals surface area (Å²) < 4.78 is 0. The average molecular weight is 230 g/mol. The van der Waals surface area contributed by atoms with Crippen molar-refractivity contribution >= 4 is 5.78 Å². The summed E-state index contributed by atoms with van der Waals surface area (Å²) >= 11 is 0. The number of hydrogen-bond acceptors (Lipinski definition) is 1. The van der Waals surface area contributed by atoms with Crippen LogP contribution < -0.4 is 0 Å². The second-order valence-corrected chi connectivity index (χ2v) is 5.74. The van der Waals surface area contributed by atoms with Gasteiger partial charge in [-0.15, -0.1) is 0 Å². The summed E-state index contributed by atoms with van der Waals surface area (Å²) in [5.74, 6) is 0.437. The van der Waals surface area contributed by atoms with E-state index in [2.05, 4.69) is 39.0 Å². The Morgan fingerprint density at radius 2 is 1.71 bits per heavy atom. The van der Waals surface area contributed by atoms with Gasteiger partial charge in [0.15, 0.2) is 0 Å². The fourth-order valence-corrected chi connectivity index (χ4v) is 2.94. The first-order valence-corrected chi connectivity index (χ1v) is 6.61. The standard InChI is InChI=1S/C16H22O/c1-12-7-6-8-13(2)14(12)11-15(17)16(3)9-4-5-10-16/h6-8H,4-5,9-11H2,1-3H3. The predicted molar refractivity (Wildman–Crippen MR) is 71.2 cm³/mol. The lowest BCUT2D eigenvalue weighted by atomic mass is 9.80. The maximum atomic E-state index is 12.4. The number of carbonyl (C=O) groups excluding carboxylic acids is 1. The molecule has 1 fully saturated rings. The Morgan fingerprint density at radius 3 is 2.24 bits per heavy atom. The summed E-state index contributed by atoms with van der Waals surface area (Å²) in [7, 11) is 0. The summed E-state index contributed by atoms with van der Waals surface area (Å²) in [5.41, 5.74) is 3.69. The Labute approximate surface area is 104 Å². The first-order chi connectivity index (χ1) is 8.03. The van der Waals surface area contributed by atoms with E-state index in [1.807, 2.05) is 0 Å². The van der Waals surface area contributed by atoms with Gasteiger partial charge in [-0.05, 0) is 43.4 Å². The van der Waals surface area contributed by atoms with Gasteiger partial charge in [-0.3, -0.25) is 4.79 Å². The van der Waals surface area contributed by atoms with Gasteiger partial charge in [0, 0.05) is 11.8 Å². The Kier molecular flexibility index (Phi) is 3.37. The smallest absolute Gasteiger partial charge is 0.143 e. The maximum absolute atomic E-state index is 12.4. The molecule has 0 saturated heterocycles. The van der Waals surface area contributed by atoms with Crippen molar-refractivity contribution in [3.63, 3.8) is 0 Å². The lowest BCUT2D eigenvalue weighted by molar-refractivity contribution is -0.126. The molecule has 0 spiro atoms. The third kappa shape index (κ3) is 2.43. The molecule has 1 saturated carbocycles. The van der Waals surface area contributed by atoms with Crippen LogP contribution in [-0.2, 0) is 11.2 Å². The van der Waals surface area contributed by atoms with Crippen molar-refractivity contribution in [1.82, 2.24) is 0 Å². The molecule has 0 bridgehead atoms. The zero-order valence-corrected chi connectivity index (χ0v) is 11.2. The minimum atomic E-state index is -0.0469. The molecule has 1 aliphatic carbocycles. The quantitative estimate of drug-likeness (QED) is 0.767. The van der Waals surface area contributed by atoms with Gasteiger partial charge in [0.2, 0.25) is 0 Å². The van der Waals surface area contributed by atoms with Crippen LogP contribution in [0.3, 0.4) is 0 Å². The van der Waals surface area contributed by atoms with Gasteiger partial charge >= 0.3 is 0 Å². The van der Waals surface area contributed by atoms with Crippen LogP contribution in [0.5, 0.6) is 0 Å². The topological polar surface area (TPSA) is 17.1 Å². The Morgan fingerprint density at radius 1 is 1.18 bits per heavy atom. The number of hydrogen-bond donors (Lipinski definition) is 0. The molecule has 0 radical (unpaired) electrons. The largest absolute Gasteiger partial charge is 0.299 e. The Hall–Kier alpha value is -1.11. The molecule has 1 aliphatic rings. The number of ketones is 1. The van der Waals surface area contributed by atoms with Crippen LogP contribution >= 0.6 is 0 Å². The highest BCUT2D eigenvalue weighted by molar-refractivity contribution is 5.87. The van der Waals surface area contributed by atoms with Gasteiger partial charge in [-0.25, -0.2) is 0 Å². The van der Waals surface area contributed by atoms with Crippen molar-refractivity contribution in [3.8, 4) is 0 Å². The number of carbonyl (C=O) groups is 1. The zero-order chi connectivity index (χ0) is 12.5. The molecule has 0 amide bonds. The number of Topliss-reactive ketones (excluding diaryl/α,β-unsaturated/α-hetero) is 1. The minimum Gasteiger partial charge on any atom is -0.299 e. The summed E-state index contributed by atoms with van der Waals surface area (Å²) in [4.78, 5) is 12.4. The molecule has 0 heterocycles. The molecule has 0 N–H and O–H groups in total. The molecule has 1 aromatic rings. The van der Waals surface area contributed by atoms with E-state index in [4.69, 9.17) is 0 Å². The monoisotopic (exact) mass is 230 g/mol. The van der Waals surface area contributed by atoms with E-state index >= 15 is 0 Å². The van der Waals surface area contributed by atoms with Gasteiger partial charge in [0.25, 0.3) is 0 Å². The van der Waals surface area contributed by atoms with Crippen LogP contribution in [0.15, 0.2) is 18.2 Å². The van der Waals surface area contributed by atoms with Crippen molar-refractivity contribution in [2.24, 2.45) is 5.41 Å². The van der Waals surface area contributed by atoms with Gasteiger partial charge in [-0.2, -0.15) is 0 Å². The number of benzene rings is 1. The normalized spacial score (nSPS) is 18.3. The number of rotatable bonds is 3. The van der Waals surface area contributed by atoms with Crippen LogP contribution in [0.1, 0.15) is 49.3 Å². The second kappa shape index (κ2) is 4.64. The van der Waals surface area contributed by atoms with Crippen LogP contribution in [0, 0.1) is 19.3 Å². The van der Waals surface area contributed by atoms with Crippen LogP contribution in [0.2, 0.25) is 0 Å². The molecule has 92 valence electrons. The predicted octanol–water partition coefficient (Wildman–Crippen LogP) is 4.00. The van der Waals surface area contributed by atoms with Crippen LogP contribution in [0.25, 0.3) is 0 Å². The maximum Gasteiger partial charge on any atom is 0.143 e. The van der Waals surface area contributed by atoms with Crippen molar-refractivity contribution < 1.29 is 4.79 Å². The van der Waals surface area contributed by atoms with Crippen molar-refractivity contribution in [2.75, 3.05) is 0 Å². The lowest BCUT2D eigenvalue weighted by Gasteiger charge is -2.22. The molecule has 2 rings (SSSR count). The molecule has 1 aromatic carbocycles. The molecule has 17 heavy (non-hydrogen) atoms. The third-order valence-electron chi connectivity index (χ3n) is 4.36. The van der Waals surface area contributed by atoms with E-state index in [0.29, 0.717) is 12.2 Å². The minimum absolute atomic E-state index is 0.0469. The van der Waals surface area contributed by atoms with Gasteiger partial charge in [-0.1, -0.05) is 38.0 Å². The molecule has 0 atom stereocenters. The third-order valence-corrected chi connectivity index (χ3v) is 4.36. The Bertz CT molecular complexity index is 405. The lowest BCUT2D eigenvalue weighted by Crippen LogP contribution is -2.26. The number of aryl methyl sites for hydroxylation is 2. The highest BCUT2D eigenvalue weighted by Crippen LogP contribution is 2.39. The zero-order valence-electron chi connectivity index (χ0n) is 11.2. The second-order valence-electron chi connectivity index (χ2n) is 5.74. The molecular weight excluding hydrogens is 208 g/mol. The van der Waals surface area contributed by atoms with Gasteiger partial charge in [0.05, 0.1) is 0 Å². The van der Waals surface area contributed by atoms with Gasteiger partial charge < -0.3 is 0 Å². The SMILES string of the molecule is Cc1cccc(C)c1CC(=O)C1(C)CCCC1. The van der Waals surface area contributed by atoms with Crippen LogP contribution in [0.4, 0.5) is 0 Å². The first-order valence-electron chi connectivity index (χ1n) is 6.61. The van der Waals surface area contributed by atoms with E-state index in [-0.39, 0.29) is 5.41 Å². The molecule has 0 unspecified atom stereocenters. The molecular formula is C16H22O.